The molecule has 0 bridgehead atoms. The maximum absolute atomic E-state index is 12.7. The topological polar surface area (TPSA) is 46.1 Å². The van der Waals surface area contributed by atoms with E-state index in [1.54, 1.807) is 22.0 Å². The third-order valence-corrected chi connectivity index (χ3v) is 4.57. The SMILES string of the molecule is O=C(c1cscn1)N(CC1CCCCC1)c1ccccn1. The molecule has 1 fully saturated rings. The van der Waals surface area contributed by atoms with Crippen LogP contribution in [0.5, 0.6) is 0 Å². The molecule has 1 amide bonds. The number of anilines is 1. The van der Waals surface area contributed by atoms with E-state index in [0.717, 1.165) is 12.4 Å². The Bertz CT molecular complexity index is 564. The van der Waals surface area contributed by atoms with Crippen LogP contribution in [0, 0.1) is 5.92 Å². The zero-order valence-electron chi connectivity index (χ0n) is 11.9. The van der Waals surface area contributed by atoms with Crippen LogP contribution in [0.1, 0.15) is 42.6 Å². The first-order valence-electron chi connectivity index (χ1n) is 7.45. The summed E-state index contributed by atoms with van der Waals surface area (Å²) >= 11 is 1.45. The molecular formula is C16H19N3OS. The molecule has 1 aliphatic rings. The van der Waals surface area contributed by atoms with Crippen LogP contribution >= 0.6 is 11.3 Å². The monoisotopic (exact) mass is 301 g/mol. The number of carbonyl (C=O) groups excluding carboxylic acids is 1. The van der Waals surface area contributed by atoms with Crippen molar-refractivity contribution in [1.82, 2.24) is 9.97 Å². The first kappa shape index (κ1) is 14.2. The number of nitrogens with zero attached hydrogens (tertiary/aromatic N) is 3. The van der Waals surface area contributed by atoms with E-state index in [2.05, 4.69) is 9.97 Å². The Morgan fingerprint density at radius 1 is 1.24 bits per heavy atom. The highest BCUT2D eigenvalue weighted by Crippen LogP contribution is 2.26. The number of hydrogen-bond donors (Lipinski definition) is 0. The minimum atomic E-state index is -0.0412. The van der Waals surface area contributed by atoms with Gasteiger partial charge in [0, 0.05) is 18.1 Å². The molecule has 5 heteroatoms. The predicted octanol–water partition coefficient (Wildman–Crippen LogP) is 3.77. The van der Waals surface area contributed by atoms with Crippen molar-refractivity contribution >= 4 is 23.1 Å². The first-order chi connectivity index (χ1) is 10.3. The van der Waals surface area contributed by atoms with Gasteiger partial charge in [0.05, 0.1) is 5.51 Å². The van der Waals surface area contributed by atoms with E-state index in [4.69, 9.17) is 0 Å². The lowest BCUT2D eigenvalue weighted by Gasteiger charge is -2.28. The fourth-order valence-corrected chi connectivity index (χ4v) is 3.40. The smallest absolute Gasteiger partial charge is 0.278 e. The molecule has 2 aromatic rings. The second kappa shape index (κ2) is 6.80. The van der Waals surface area contributed by atoms with E-state index < -0.39 is 0 Å². The van der Waals surface area contributed by atoms with Gasteiger partial charge in [0.15, 0.2) is 0 Å². The number of amides is 1. The van der Waals surface area contributed by atoms with Gasteiger partial charge >= 0.3 is 0 Å². The second-order valence-corrected chi connectivity index (χ2v) is 6.20. The molecule has 0 aromatic carbocycles. The standard InChI is InChI=1S/C16H19N3OS/c20-16(14-11-21-12-18-14)19(15-8-4-5-9-17-15)10-13-6-2-1-3-7-13/h4-5,8-9,11-13H,1-3,6-7,10H2. The average molecular weight is 301 g/mol. The lowest BCUT2D eigenvalue weighted by molar-refractivity contribution is 0.0975. The molecule has 0 unspecified atom stereocenters. The zero-order valence-corrected chi connectivity index (χ0v) is 12.8. The molecule has 1 saturated carbocycles. The predicted molar refractivity (Wildman–Crippen MR) is 84.6 cm³/mol. The minimum Gasteiger partial charge on any atom is -0.291 e. The Balaban J connectivity index is 1.82. The Labute approximate surface area is 128 Å². The molecule has 4 nitrogen and oxygen atoms in total. The van der Waals surface area contributed by atoms with Crippen LogP contribution in [0.25, 0.3) is 0 Å². The average Bonchev–Trinajstić information content (AvgIpc) is 3.08. The number of aromatic nitrogens is 2. The third-order valence-electron chi connectivity index (χ3n) is 3.99. The molecule has 0 radical (unpaired) electrons. The third kappa shape index (κ3) is 3.47. The number of thiazole rings is 1. The summed E-state index contributed by atoms with van der Waals surface area (Å²) in [6.45, 7) is 0.743. The van der Waals surface area contributed by atoms with Crippen LogP contribution < -0.4 is 4.90 Å². The van der Waals surface area contributed by atoms with Crippen molar-refractivity contribution in [2.45, 2.75) is 32.1 Å². The van der Waals surface area contributed by atoms with Gasteiger partial charge < -0.3 is 0 Å². The Kier molecular flexibility index (Phi) is 4.60. The van der Waals surface area contributed by atoms with Crippen LogP contribution in [0.2, 0.25) is 0 Å². The van der Waals surface area contributed by atoms with Crippen molar-refractivity contribution < 1.29 is 4.79 Å². The van der Waals surface area contributed by atoms with Crippen molar-refractivity contribution in [2.24, 2.45) is 5.92 Å². The molecule has 2 heterocycles. The summed E-state index contributed by atoms with van der Waals surface area (Å²) in [5, 5.41) is 1.80. The van der Waals surface area contributed by atoms with Gasteiger partial charge in [-0.1, -0.05) is 25.3 Å². The molecule has 21 heavy (non-hydrogen) atoms. The van der Waals surface area contributed by atoms with E-state index in [9.17, 15) is 4.79 Å². The molecule has 2 aromatic heterocycles. The van der Waals surface area contributed by atoms with Gasteiger partial charge in [-0.05, 0) is 30.9 Å². The lowest BCUT2D eigenvalue weighted by Crippen LogP contribution is -2.36. The van der Waals surface area contributed by atoms with E-state index in [-0.39, 0.29) is 5.91 Å². The van der Waals surface area contributed by atoms with E-state index in [1.165, 1.54) is 43.4 Å². The fraction of sp³-hybridized carbons (Fsp3) is 0.438. The number of carbonyl (C=O) groups is 1. The molecule has 110 valence electrons. The Hall–Kier alpha value is -1.75. The lowest BCUT2D eigenvalue weighted by atomic mass is 9.89. The van der Waals surface area contributed by atoms with Gasteiger partial charge in [-0.25, -0.2) is 9.97 Å². The van der Waals surface area contributed by atoms with Crippen LogP contribution in [-0.2, 0) is 0 Å². The minimum absolute atomic E-state index is 0.0412. The fourth-order valence-electron chi connectivity index (χ4n) is 2.88. The van der Waals surface area contributed by atoms with Crippen molar-refractivity contribution in [3.05, 3.63) is 41.0 Å². The highest BCUT2D eigenvalue weighted by Gasteiger charge is 2.24. The number of rotatable bonds is 4. The second-order valence-electron chi connectivity index (χ2n) is 5.48. The summed E-state index contributed by atoms with van der Waals surface area (Å²) in [7, 11) is 0. The molecule has 0 spiro atoms. The largest absolute Gasteiger partial charge is 0.291 e. The zero-order chi connectivity index (χ0) is 14.5. The van der Waals surface area contributed by atoms with Crippen LogP contribution in [0.15, 0.2) is 35.3 Å². The molecule has 1 aliphatic carbocycles. The molecule has 0 saturated heterocycles. The summed E-state index contributed by atoms with van der Waals surface area (Å²) < 4.78 is 0. The number of pyridine rings is 1. The van der Waals surface area contributed by atoms with Gasteiger partial charge in [0.25, 0.3) is 5.91 Å². The highest BCUT2D eigenvalue weighted by molar-refractivity contribution is 7.07. The molecular weight excluding hydrogens is 282 g/mol. The van der Waals surface area contributed by atoms with Crippen molar-refractivity contribution in [1.29, 1.82) is 0 Å². The molecule has 0 N–H and O–H groups in total. The van der Waals surface area contributed by atoms with Gasteiger partial charge in [0.2, 0.25) is 0 Å². The van der Waals surface area contributed by atoms with E-state index in [1.807, 2.05) is 18.2 Å². The van der Waals surface area contributed by atoms with E-state index >= 15 is 0 Å². The van der Waals surface area contributed by atoms with Crippen molar-refractivity contribution in [3.8, 4) is 0 Å². The van der Waals surface area contributed by atoms with Gasteiger partial charge in [0.1, 0.15) is 11.5 Å². The maximum Gasteiger partial charge on any atom is 0.278 e. The number of hydrogen-bond acceptors (Lipinski definition) is 4. The Morgan fingerprint density at radius 3 is 2.76 bits per heavy atom. The quantitative estimate of drug-likeness (QED) is 0.863. The van der Waals surface area contributed by atoms with E-state index in [0.29, 0.717) is 11.6 Å². The van der Waals surface area contributed by atoms with Crippen LogP contribution in [-0.4, -0.2) is 22.4 Å². The molecule has 0 aliphatic heterocycles. The van der Waals surface area contributed by atoms with Gasteiger partial charge in [-0.3, -0.25) is 9.69 Å². The van der Waals surface area contributed by atoms with Gasteiger partial charge in [-0.2, -0.15) is 0 Å². The molecule has 3 rings (SSSR count). The van der Waals surface area contributed by atoms with Crippen LogP contribution in [0.3, 0.4) is 0 Å². The summed E-state index contributed by atoms with van der Waals surface area (Å²) in [6.07, 6.45) is 8.00. The summed E-state index contributed by atoms with van der Waals surface area (Å²) in [6, 6.07) is 5.69. The first-order valence-corrected chi connectivity index (χ1v) is 8.40. The normalized spacial score (nSPS) is 15.8. The summed E-state index contributed by atoms with van der Waals surface area (Å²) in [4.78, 5) is 23.0. The maximum atomic E-state index is 12.7. The Morgan fingerprint density at radius 2 is 2.10 bits per heavy atom. The van der Waals surface area contributed by atoms with Crippen molar-refractivity contribution in [3.63, 3.8) is 0 Å². The van der Waals surface area contributed by atoms with Crippen molar-refractivity contribution in [2.75, 3.05) is 11.4 Å². The summed E-state index contributed by atoms with van der Waals surface area (Å²) in [5.74, 6) is 1.25. The molecule has 0 atom stereocenters. The van der Waals surface area contributed by atoms with Gasteiger partial charge in [-0.15, -0.1) is 11.3 Å². The summed E-state index contributed by atoms with van der Waals surface area (Å²) in [5.41, 5.74) is 2.21. The highest BCUT2D eigenvalue weighted by atomic mass is 32.1. The van der Waals surface area contributed by atoms with Crippen LogP contribution in [0.4, 0.5) is 5.82 Å².